The molecule has 16 heavy (non-hydrogen) atoms. The lowest BCUT2D eigenvalue weighted by molar-refractivity contribution is -0.126. The second kappa shape index (κ2) is 7.39. The summed E-state index contributed by atoms with van der Waals surface area (Å²) in [4.78, 5) is 22.5. The molecule has 3 N–H and O–H groups in total. The molecule has 4 nitrogen and oxygen atoms in total. The monoisotopic (exact) mass is 228 g/mol. The zero-order valence-corrected chi connectivity index (χ0v) is 10.7. The Bertz CT molecular complexity index is 229. The van der Waals surface area contributed by atoms with Gasteiger partial charge in [-0.15, -0.1) is 0 Å². The van der Waals surface area contributed by atoms with E-state index in [4.69, 9.17) is 5.73 Å². The molecule has 0 heterocycles. The van der Waals surface area contributed by atoms with Gasteiger partial charge in [0, 0.05) is 0 Å². The van der Waals surface area contributed by atoms with Crippen LogP contribution in [0.15, 0.2) is 0 Å². The standard InChI is InChI=1S/C12H24N2O2/c1-5-9(4)11(7-15)14-12(16)10(13)6-8(2)3/h7-11H,5-6,13H2,1-4H3,(H,14,16)/t9-,10-,11+/m0/s1. The number of nitrogens with one attached hydrogen (secondary N) is 1. The summed E-state index contributed by atoms with van der Waals surface area (Å²) in [7, 11) is 0. The van der Waals surface area contributed by atoms with Crippen LogP contribution in [-0.4, -0.2) is 24.3 Å². The molecular weight excluding hydrogens is 204 g/mol. The number of aldehydes is 1. The summed E-state index contributed by atoms with van der Waals surface area (Å²) in [5.74, 6) is 0.290. The van der Waals surface area contributed by atoms with E-state index >= 15 is 0 Å². The fraction of sp³-hybridized carbons (Fsp3) is 0.833. The van der Waals surface area contributed by atoms with Gasteiger partial charge in [-0.25, -0.2) is 0 Å². The van der Waals surface area contributed by atoms with Crippen molar-refractivity contribution in [2.45, 2.75) is 52.6 Å². The van der Waals surface area contributed by atoms with Gasteiger partial charge >= 0.3 is 0 Å². The second-order valence-corrected chi connectivity index (χ2v) is 4.79. The lowest BCUT2D eigenvalue weighted by atomic mass is 9.99. The molecule has 94 valence electrons. The maximum atomic E-state index is 11.7. The van der Waals surface area contributed by atoms with Crippen molar-refractivity contribution >= 4 is 12.2 Å². The lowest BCUT2D eigenvalue weighted by Gasteiger charge is -2.21. The van der Waals surface area contributed by atoms with Crippen LogP contribution >= 0.6 is 0 Å². The van der Waals surface area contributed by atoms with E-state index < -0.39 is 12.1 Å². The van der Waals surface area contributed by atoms with Crippen LogP contribution in [0.25, 0.3) is 0 Å². The summed E-state index contributed by atoms with van der Waals surface area (Å²) in [6, 6.07) is -0.942. The summed E-state index contributed by atoms with van der Waals surface area (Å²) in [6.07, 6.45) is 2.27. The molecule has 0 aliphatic carbocycles. The molecule has 0 fully saturated rings. The third-order valence-corrected chi connectivity index (χ3v) is 2.77. The number of hydrogen-bond acceptors (Lipinski definition) is 3. The minimum Gasteiger partial charge on any atom is -0.345 e. The van der Waals surface area contributed by atoms with E-state index in [2.05, 4.69) is 5.32 Å². The number of rotatable bonds is 7. The van der Waals surface area contributed by atoms with E-state index in [1.807, 2.05) is 27.7 Å². The SMILES string of the molecule is CC[C@H](C)[C@@H](C=O)NC(=O)[C@@H](N)CC(C)C. The molecule has 0 aromatic carbocycles. The van der Waals surface area contributed by atoms with Crippen molar-refractivity contribution in [1.82, 2.24) is 5.32 Å². The van der Waals surface area contributed by atoms with E-state index in [9.17, 15) is 9.59 Å². The van der Waals surface area contributed by atoms with Crippen LogP contribution < -0.4 is 11.1 Å². The Morgan fingerprint density at radius 1 is 1.38 bits per heavy atom. The molecule has 0 aliphatic rings. The van der Waals surface area contributed by atoms with E-state index in [-0.39, 0.29) is 11.8 Å². The van der Waals surface area contributed by atoms with Crippen LogP contribution in [0.2, 0.25) is 0 Å². The zero-order valence-electron chi connectivity index (χ0n) is 10.7. The third-order valence-electron chi connectivity index (χ3n) is 2.77. The Morgan fingerprint density at radius 2 is 1.94 bits per heavy atom. The number of carbonyl (C=O) groups is 2. The first-order valence-electron chi connectivity index (χ1n) is 5.93. The Morgan fingerprint density at radius 3 is 2.31 bits per heavy atom. The second-order valence-electron chi connectivity index (χ2n) is 4.79. The van der Waals surface area contributed by atoms with E-state index in [1.165, 1.54) is 0 Å². The molecular formula is C12H24N2O2. The first kappa shape index (κ1) is 15.1. The van der Waals surface area contributed by atoms with Gasteiger partial charge in [0.1, 0.15) is 6.29 Å². The van der Waals surface area contributed by atoms with E-state index in [1.54, 1.807) is 0 Å². The largest absolute Gasteiger partial charge is 0.345 e. The highest BCUT2D eigenvalue weighted by Gasteiger charge is 2.21. The van der Waals surface area contributed by atoms with E-state index in [0.29, 0.717) is 12.3 Å². The Balaban J connectivity index is 4.24. The predicted octanol–water partition coefficient (Wildman–Crippen LogP) is 1.09. The topological polar surface area (TPSA) is 72.2 Å². The van der Waals surface area contributed by atoms with Crippen molar-refractivity contribution in [3.05, 3.63) is 0 Å². The Hall–Kier alpha value is -0.900. The first-order chi connectivity index (χ1) is 7.42. The highest BCUT2D eigenvalue weighted by atomic mass is 16.2. The molecule has 0 saturated heterocycles. The van der Waals surface area contributed by atoms with Crippen molar-refractivity contribution in [1.29, 1.82) is 0 Å². The van der Waals surface area contributed by atoms with Gasteiger partial charge in [0.05, 0.1) is 12.1 Å². The van der Waals surface area contributed by atoms with Crippen LogP contribution in [0.4, 0.5) is 0 Å². The van der Waals surface area contributed by atoms with Gasteiger partial charge in [0.25, 0.3) is 0 Å². The zero-order chi connectivity index (χ0) is 12.7. The van der Waals surface area contributed by atoms with Crippen LogP contribution in [0.1, 0.15) is 40.5 Å². The van der Waals surface area contributed by atoms with Gasteiger partial charge in [-0.05, 0) is 18.3 Å². The smallest absolute Gasteiger partial charge is 0.237 e. The third kappa shape index (κ3) is 5.26. The number of hydrogen-bond donors (Lipinski definition) is 2. The first-order valence-corrected chi connectivity index (χ1v) is 5.93. The molecule has 0 radical (unpaired) electrons. The Labute approximate surface area is 98.0 Å². The van der Waals surface area contributed by atoms with Gasteiger partial charge in [-0.3, -0.25) is 4.79 Å². The van der Waals surface area contributed by atoms with Gasteiger partial charge < -0.3 is 15.8 Å². The van der Waals surface area contributed by atoms with Gasteiger partial charge in [0.2, 0.25) is 5.91 Å². The highest BCUT2D eigenvalue weighted by Crippen LogP contribution is 2.07. The maximum Gasteiger partial charge on any atom is 0.237 e. The minimum absolute atomic E-state index is 0.146. The van der Waals surface area contributed by atoms with Crippen molar-refractivity contribution in [2.24, 2.45) is 17.6 Å². The van der Waals surface area contributed by atoms with Crippen molar-refractivity contribution in [3.63, 3.8) is 0 Å². The molecule has 0 rings (SSSR count). The van der Waals surface area contributed by atoms with Gasteiger partial charge in [-0.1, -0.05) is 34.1 Å². The fourth-order valence-corrected chi connectivity index (χ4v) is 1.45. The van der Waals surface area contributed by atoms with Crippen molar-refractivity contribution in [3.8, 4) is 0 Å². The maximum absolute atomic E-state index is 11.7. The molecule has 1 amide bonds. The average Bonchev–Trinajstić information content (AvgIpc) is 2.23. The molecule has 4 heteroatoms. The summed E-state index contributed by atoms with van der Waals surface area (Å²) in [5.41, 5.74) is 5.73. The number of amides is 1. The van der Waals surface area contributed by atoms with Crippen LogP contribution in [0, 0.1) is 11.8 Å². The summed E-state index contributed by atoms with van der Waals surface area (Å²) in [6.45, 7) is 7.95. The molecule has 0 saturated carbocycles. The molecule has 0 aliphatic heterocycles. The summed E-state index contributed by atoms with van der Waals surface area (Å²) >= 11 is 0. The quantitative estimate of drug-likeness (QED) is 0.641. The van der Waals surface area contributed by atoms with Crippen molar-refractivity contribution in [2.75, 3.05) is 0 Å². The minimum atomic E-state index is -0.522. The molecule has 0 aromatic heterocycles. The molecule has 0 aromatic rings. The fourth-order valence-electron chi connectivity index (χ4n) is 1.45. The normalized spacial score (nSPS) is 16.6. The molecule has 3 atom stereocenters. The predicted molar refractivity (Wildman–Crippen MR) is 64.9 cm³/mol. The Kier molecular flexibility index (Phi) is 6.97. The van der Waals surface area contributed by atoms with Gasteiger partial charge in [-0.2, -0.15) is 0 Å². The molecule has 0 spiro atoms. The van der Waals surface area contributed by atoms with Gasteiger partial charge in [0.15, 0.2) is 0 Å². The number of nitrogens with two attached hydrogens (primary N) is 1. The van der Waals surface area contributed by atoms with E-state index in [0.717, 1.165) is 12.7 Å². The van der Waals surface area contributed by atoms with Crippen molar-refractivity contribution < 1.29 is 9.59 Å². The molecule has 0 bridgehead atoms. The van der Waals surface area contributed by atoms with Crippen LogP contribution in [0.3, 0.4) is 0 Å². The van der Waals surface area contributed by atoms with Crippen LogP contribution in [0.5, 0.6) is 0 Å². The highest BCUT2D eigenvalue weighted by molar-refractivity contribution is 5.84. The average molecular weight is 228 g/mol. The lowest BCUT2D eigenvalue weighted by Crippen LogP contribution is -2.48. The summed E-state index contributed by atoms with van der Waals surface area (Å²) < 4.78 is 0. The van der Waals surface area contributed by atoms with Crippen LogP contribution in [-0.2, 0) is 9.59 Å². The summed E-state index contributed by atoms with van der Waals surface area (Å²) in [5, 5.41) is 2.69. The number of carbonyl (C=O) groups excluding carboxylic acids is 2. The molecule has 0 unspecified atom stereocenters.